The molecule has 0 aliphatic rings. The summed E-state index contributed by atoms with van der Waals surface area (Å²) >= 11 is 0. The molecule has 2 rings (SSSR count). The molecule has 0 spiro atoms. The number of nitrogens with zero attached hydrogens (tertiary/aromatic N) is 3. The number of hydrogen-bond acceptors (Lipinski definition) is 6. The Hall–Kier alpha value is -3.36. The minimum absolute atomic E-state index is 0.0295. The normalized spacial score (nSPS) is 10.2. The first-order valence-electron chi connectivity index (χ1n) is 5.96. The Morgan fingerprint density at radius 2 is 1.59 bits per heavy atom. The second-order valence-corrected chi connectivity index (χ2v) is 4.30. The van der Waals surface area contributed by atoms with Crippen molar-refractivity contribution in [3.05, 3.63) is 83.9 Å². The fourth-order valence-corrected chi connectivity index (χ4v) is 2.04. The van der Waals surface area contributed by atoms with Crippen LogP contribution in [0.3, 0.4) is 0 Å². The van der Waals surface area contributed by atoms with Crippen molar-refractivity contribution in [2.24, 2.45) is 0 Å². The third kappa shape index (κ3) is 2.87. The molecule has 0 amide bonds. The van der Waals surface area contributed by atoms with Gasteiger partial charge in [0.25, 0.3) is 0 Å². The van der Waals surface area contributed by atoms with E-state index in [9.17, 15) is 30.3 Å². The van der Waals surface area contributed by atoms with E-state index in [4.69, 9.17) is 0 Å². The second kappa shape index (κ2) is 5.95. The number of benzene rings is 2. The van der Waals surface area contributed by atoms with Gasteiger partial charge in [-0.25, -0.2) is 0 Å². The third-order valence-electron chi connectivity index (χ3n) is 2.94. The zero-order valence-corrected chi connectivity index (χ0v) is 11.0. The maximum Gasteiger partial charge on any atom is 0.422 e. The molecule has 2 aromatic carbocycles. The molecule has 0 saturated carbocycles. The standard InChI is InChI=1S/C13H8N3O6/c17-14(18)11-7-6-10(8-9-4-2-1-3-5-9)12(15(19)20)13(11)16(21)22/h1-2,4-7H,8H2. The van der Waals surface area contributed by atoms with E-state index in [0.717, 1.165) is 12.1 Å². The molecular weight excluding hydrogens is 294 g/mol. The van der Waals surface area contributed by atoms with Gasteiger partial charge in [-0.1, -0.05) is 24.3 Å². The second-order valence-electron chi connectivity index (χ2n) is 4.30. The number of rotatable bonds is 5. The van der Waals surface area contributed by atoms with Gasteiger partial charge in [-0.05, 0) is 17.7 Å². The highest BCUT2D eigenvalue weighted by atomic mass is 16.6. The van der Waals surface area contributed by atoms with Gasteiger partial charge in [0, 0.05) is 18.1 Å². The quantitative estimate of drug-likeness (QED) is 0.616. The molecule has 0 aliphatic heterocycles. The van der Waals surface area contributed by atoms with Gasteiger partial charge in [0.2, 0.25) is 0 Å². The summed E-state index contributed by atoms with van der Waals surface area (Å²) in [5.41, 5.74) is -2.19. The van der Waals surface area contributed by atoms with E-state index in [1.54, 1.807) is 24.3 Å². The molecule has 22 heavy (non-hydrogen) atoms. The Morgan fingerprint density at radius 3 is 2.09 bits per heavy atom. The van der Waals surface area contributed by atoms with Gasteiger partial charge in [-0.15, -0.1) is 0 Å². The van der Waals surface area contributed by atoms with Crippen LogP contribution in [0.4, 0.5) is 17.1 Å². The predicted octanol–water partition coefficient (Wildman–Crippen LogP) is 2.80. The molecule has 9 nitrogen and oxygen atoms in total. The molecule has 1 radical (unpaired) electrons. The summed E-state index contributed by atoms with van der Waals surface area (Å²) in [7, 11) is 0. The van der Waals surface area contributed by atoms with Crippen molar-refractivity contribution in [3.63, 3.8) is 0 Å². The molecule has 2 aromatic rings. The van der Waals surface area contributed by atoms with E-state index >= 15 is 0 Å². The van der Waals surface area contributed by atoms with Crippen LogP contribution in [-0.4, -0.2) is 14.8 Å². The van der Waals surface area contributed by atoms with Gasteiger partial charge in [0.05, 0.1) is 14.8 Å². The highest BCUT2D eigenvalue weighted by molar-refractivity contribution is 5.69. The SMILES string of the molecule is O=[N+]([O-])c1ccc(Cc2c[c]ccc2)c([N+](=O)[O-])c1[N+](=O)[O-]. The maximum atomic E-state index is 11.2. The van der Waals surface area contributed by atoms with Crippen molar-refractivity contribution in [1.82, 2.24) is 0 Å². The van der Waals surface area contributed by atoms with Crippen molar-refractivity contribution in [3.8, 4) is 0 Å². The first-order valence-corrected chi connectivity index (χ1v) is 5.96. The van der Waals surface area contributed by atoms with Gasteiger partial charge in [-0.2, -0.15) is 0 Å². The van der Waals surface area contributed by atoms with E-state index in [0.29, 0.717) is 5.56 Å². The van der Waals surface area contributed by atoms with Gasteiger partial charge < -0.3 is 0 Å². The minimum Gasteiger partial charge on any atom is -0.258 e. The Labute approximate surface area is 123 Å². The van der Waals surface area contributed by atoms with Crippen LogP contribution >= 0.6 is 0 Å². The fourth-order valence-electron chi connectivity index (χ4n) is 2.04. The van der Waals surface area contributed by atoms with E-state index in [1.807, 2.05) is 0 Å². The first kappa shape index (κ1) is 15.0. The number of nitro groups is 3. The summed E-state index contributed by atoms with van der Waals surface area (Å²) in [6.45, 7) is 0. The fraction of sp³-hybridized carbons (Fsp3) is 0.0769. The average Bonchev–Trinajstić information content (AvgIpc) is 2.47. The lowest BCUT2D eigenvalue weighted by molar-refractivity contribution is -0.441. The zero-order valence-electron chi connectivity index (χ0n) is 11.0. The van der Waals surface area contributed by atoms with Gasteiger partial charge in [0.1, 0.15) is 0 Å². The average molecular weight is 302 g/mol. The number of nitro benzene ring substituents is 3. The predicted molar refractivity (Wildman–Crippen MR) is 74.5 cm³/mol. The minimum atomic E-state index is -1.10. The summed E-state index contributed by atoms with van der Waals surface area (Å²) in [4.78, 5) is 30.0. The molecule has 0 unspecified atom stereocenters. The van der Waals surface area contributed by atoms with Gasteiger partial charge in [-0.3, -0.25) is 30.3 Å². The van der Waals surface area contributed by atoms with E-state index in [-0.39, 0.29) is 12.0 Å². The van der Waals surface area contributed by atoms with Crippen LogP contribution in [-0.2, 0) is 6.42 Å². The topological polar surface area (TPSA) is 129 Å². The van der Waals surface area contributed by atoms with Crippen LogP contribution in [0.5, 0.6) is 0 Å². The van der Waals surface area contributed by atoms with Crippen LogP contribution in [0.2, 0.25) is 0 Å². The van der Waals surface area contributed by atoms with Crippen molar-refractivity contribution in [2.75, 3.05) is 0 Å². The Kier molecular flexibility index (Phi) is 4.07. The first-order chi connectivity index (χ1) is 10.4. The van der Waals surface area contributed by atoms with E-state index in [2.05, 4.69) is 6.07 Å². The third-order valence-corrected chi connectivity index (χ3v) is 2.94. The van der Waals surface area contributed by atoms with Crippen LogP contribution in [0.15, 0.2) is 36.4 Å². The lowest BCUT2D eigenvalue weighted by atomic mass is 10.0. The zero-order chi connectivity index (χ0) is 16.3. The van der Waals surface area contributed by atoms with Crippen LogP contribution in [0.1, 0.15) is 11.1 Å². The largest absolute Gasteiger partial charge is 0.422 e. The Morgan fingerprint density at radius 1 is 0.909 bits per heavy atom. The van der Waals surface area contributed by atoms with Crippen LogP contribution < -0.4 is 0 Å². The summed E-state index contributed by atoms with van der Waals surface area (Å²) in [6, 6.07) is 11.4. The molecular formula is C13H8N3O6. The molecule has 111 valence electrons. The summed E-state index contributed by atoms with van der Waals surface area (Å²) in [5.74, 6) is 0. The Bertz CT molecular complexity index is 760. The molecule has 0 bridgehead atoms. The molecule has 0 N–H and O–H groups in total. The van der Waals surface area contributed by atoms with Crippen molar-refractivity contribution >= 4 is 17.1 Å². The Balaban J connectivity index is 2.65. The van der Waals surface area contributed by atoms with Crippen molar-refractivity contribution < 1.29 is 14.8 Å². The molecule has 9 heteroatoms. The van der Waals surface area contributed by atoms with Crippen molar-refractivity contribution in [1.29, 1.82) is 0 Å². The summed E-state index contributed by atoms with van der Waals surface area (Å²) in [5, 5.41) is 33.1. The molecule has 0 saturated heterocycles. The van der Waals surface area contributed by atoms with E-state index in [1.165, 1.54) is 0 Å². The molecule has 0 atom stereocenters. The van der Waals surface area contributed by atoms with Gasteiger partial charge >= 0.3 is 17.1 Å². The van der Waals surface area contributed by atoms with E-state index < -0.39 is 31.8 Å². The van der Waals surface area contributed by atoms with Crippen LogP contribution in [0.25, 0.3) is 0 Å². The maximum absolute atomic E-state index is 11.2. The summed E-state index contributed by atoms with van der Waals surface area (Å²) < 4.78 is 0. The molecule has 0 aliphatic carbocycles. The van der Waals surface area contributed by atoms with Crippen LogP contribution in [0, 0.1) is 36.4 Å². The highest BCUT2D eigenvalue weighted by Crippen LogP contribution is 2.39. The lowest BCUT2D eigenvalue weighted by Gasteiger charge is -2.04. The summed E-state index contributed by atoms with van der Waals surface area (Å²) in [6.07, 6.45) is 0.0342. The molecule has 0 heterocycles. The molecule has 0 fully saturated rings. The monoisotopic (exact) mass is 302 g/mol. The lowest BCUT2D eigenvalue weighted by Crippen LogP contribution is -2.05. The smallest absolute Gasteiger partial charge is 0.258 e. The molecule has 0 aromatic heterocycles. The highest BCUT2D eigenvalue weighted by Gasteiger charge is 2.38. The number of hydrogen-bond donors (Lipinski definition) is 0. The van der Waals surface area contributed by atoms with Gasteiger partial charge in [0.15, 0.2) is 0 Å². The van der Waals surface area contributed by atoms with Crippen molar-refractivity contribution in [2.45, 2.75) is 6.42 Å².